The number of anilines is 1. The highest BCUT2D eigenvalue weighted by Gasteiger charge is 2.21. The van der Waals surface area contributed by atoms with Crippen molar-refractivity contribution in [2.24, 2.45) is 0 Å². The van der Waals surface area contributed by atoms with Gasteiger partial charge in [-0.2, -0.15) is 0 Å². The predicted octanol–water partition coefficient (Wildman–Crippen LogP) is 5.36. The molecule has 1 N–H and O–H groups in total. The van der Waals surface area contributed by atoms with E-state index in [2.05, 4.69) is 10.3 Å². The number of hydrogen-bond acceptors (Lipinski definition) is 5. The number of nitrogens with zero attached hydrogens (tertiary/aromatic N) is 1. The third-order valence-electron chi connectivity index (χ3n) is 4.01. The quantitative estimate of drug-likeness (QED) is 0.514. The SMILES string of the molecule is COCc1c(C(=O)Nc2ccc3nc(C)sc3c2)sc2cccc(F)c12. The van der Waals surface area contributed by atoms with Crippen molar-refractivity contribution in [3.63, 3.8) is 0 Å². The van der Waals surface area contributed by atoms with Gasteiger partial charge in [-0.25, -0.2) is 9.37 Å². The highest BCUT2D eigenvalue weighted by Crippen LogP contribution is 2.34. The second kappa shape index (κ2) is 6.75. The van der Waals surface area contributed by atoms with E-state index in [-0.39, 0.29) is 18.3 Å². The maximum Gasteiger partial charge on any atom is 0.266 e. The van der Waals surface area contributed by atoms with Crippen molar-refractivity contribution in [2.45, 2.75) is 13.5 Å². The predicted molar refractivity (Wildman–Crippen MR) is 105 cm³/mol. The Balaban J connectivity index is 1.72. The Morgan fingerprint density at radius 2 is 2.08 bits per heavy atom. The second-order valence-corrected chi connectivity index (χ2v) is 8.11. The van der Waals surface area contributed by atoms with E-state index in [1.807, 2.05) is 31.2 Å². The topological polar surface area (TPSA) is 51.2 Å². The average molecular weight is 386 g/mol. The van der Waals surface area contributed by atoms with E-state index in [1.54, 1.807) is 17.4 Å². The van der Waals surface area contributed by atoms with Gasteiger partial charge in [0.1, 0.15) is 5.82 Å². The van der Waals surface area contributed by atoms with Gasteiger partial charge < -0.3 is 10.1 Å². The zero-order valence-corrected chi connectivity index (χ0v) is 15.8. The molecule has 0 spiro atoms. The molecule has 4 nitrogen and oxygen atoms in total. The minimum absolute atomic E-state index is 0.177. The molecule has 26 heavy (non-hydrogen) atoms. The summed E-state index contributed by atoms with van der Waals surface area (Å²) < 4.78 is 21.2. The van der Waals surface area contributed by atoms with Crippen LogP contribution in [0, 0.1) is 12.7 Å². The number of thiazole rings is 1. The highest BCUT2D eigenvalue weighted by molar-refractivity contribution is 7.21. The third kappa shape index (κ3) is 2.98. The Kier molecular flexibility index (Phi) is 4.44. The molecule has 0 atom stereocenters. The monoisotopic (exact) mass is 386 g/mol. The van der Waals surface area contributed by atoms with Gasteiger partial charge >= 0.3 is 0 Å². The zero-order chi connectivity index (χ0) is 18.3. The Morgan fingerprint density at radius 1 is 1.23 bits per heavy atom. The van der Waals surface area contributed by atoms with Crippen LogP contribution in [-0.2, 0) is 11.3 Å². The number of halogens is 1. The second-order valence-electron chi connectivity index (χ2n) is 5.83. The number of ether oxygens (including phenoxy) is 1. The van der Waals surface area contributed by atoms with E-state index in [0.29, 0.717) is 21.5 Å². The van der Waals surface area contributed by atoms with Gasteiger partial charge in [0.05, 0.1) is 26.7 Å². The lowest BCUT2D eigenvalue weighted by atomic mass is 10.1. The molecule has 0 unspecified atom stereocenters. The Labute approximate surface area is 157 Å². The number of carbonyl (C=O) groups is 1. The molecule has 4 rings (SSSR count). The molecule has 0 bridgehead atoms. The van der Waals surface area contributed by atoms with Crippen LogP contribution >= 0.6 is 22.7 Å². The lowest BCUT2D eigenvalue weighted by Crippen LogP contribution is -2.12. The molecule has 2 aromatic heterocycles. The first-order chi connectivity index (χ1) is 12.6. The van der Waals surface area contributed by atoms with Crippen molar-refractivity contribution in [3.05, 3.63) is 57.7 Å². The van der Waals surface area contributed by atoms with Crippen LogP contribution in [0.25, 0.3) is 20.3 Å². The van der Waals surface area contributed by atoms with Crippen LogP contribution in [-0.4, -0.2) is 18.0 Å². The Bertz CT molecular complexity index is 1130. The van der Waals surface area contributed by atoms with Crippen molar-refractivity contribution in [2.75, 3.05) is 12.4 Å². The molecule has 1 amide bonds. The molecule has 0 aliphatic carbocycles. The van der Waals surface area contributed by atoms with Crippen molar-refractivity contribution in [1.82, 2.24) is 4.98 Å². The number of fused-ring (bicyclic) bond motifs is 2. The van der Waals surface area contributed by atoms with Crippen LogP contribution in [0.5, 0.6) is 0 Å². The minimum atomic E-state index is -0.341. The fourth-order valence-corrected chi connectivity index (χ4v) is 4.92. The van der Waals surface area contributed by atoms with Gasteiger partial charge in [-0.15, -0.1) is 22.7 Å². The number of amides is 1. The summed E-state index contributed by atoms with van der Waals surface area (Å²) in [6.45, 7) is 2.13. The molecule has 0 fully saturated rings. The van der Waals surface area contributed by atoms with Crippen LogP contribution in [0.4, 0.5) is 10.1 Å². The van der Waals surface area contributed by atoms with E-state index in [0.717, 1.165) is 19.9 Å². The number of rotatable bonds is 4. The number of thiophene rings is 1. The number of carbonyl (C=O) groups excluding carboxylic acids is 1. The molecule has 0 saturated heterocycles. The van der Waals surface area contributed by atoms with Crippen LogP contribution in [0.1, 0.15) is 20.2 Å². The van der Waals surface area contributed by atoms with E-state index < -0.39 is 0 Å². The fourth-order valence-electron chi connectivity index (χ4n) is 2.94. The maximum atomic E-state index is 14.3. The fraction of sp³-hybridized carbons (Fsp3) is 0.158. The summed E-state index contributed by atoms with van der Waals surface area (Å²) in [5.41, 5.74) is 2.18. The molecule has 7 heteroatoms. The largest absolute Gasteiger partial charge is 0.380 e. The van der Waals surface area contributed by atoms with Crippen molar-refractivity contribution < 1.29 is 13.9 Å². The summed E-state index contributed by atoms with van der Waals surface area (Å²) in [6.07, 6.45) is 0. The summed E-state index contributed by atoms with van der Waals surface area (Å²) >= 11 is 2.85. The van der Waals surface area contributed by atoms with E-state index in [1.165, 1.54) is 24.5 Å². The first-order valence-electron chi connectivity index (χ1n) is 7.94. The summed E-state index contributed by atoms with van der Waals surface area (Å²) in [7, 11) is 1.53. The molecule has 2 aromatic carbocycles. The summed E-state index contributed by atoms with van der Waals surface area (Å²) in [5.74, 6) is -0.607. The van der Waals surface area contributed by atoms with Gasteiger partial charge in [-0.3, -0.25) is 4.79 Å². The molecule has 0 aliphatic rings. The van der Waals surface area contributed by atoms with Gasteiger partial charge in [0, 0.05) is 28.4 Å². The van der Waals surface area contributed by atoms with E-state index in [4.69, 9.17) is 4.74 Å². The van der Waals surface area contributed by atoms with Crippen molar-refractivity contribution in [1.29, 1.82) is 0 Å². The lowest BCUT2D eigenvalue weighted by molar-refractivity contribution is 0.102. The molecule has 0 saturated carbocycles. The van der Waals surface area contributed by atoms with Crippen molar-refractivity contribution in [3.8, 4) is 0 Å². The van der Waals surface area contributed by atoms with Gasteiger partial charge in [-0.1, -0.05) is 6.07 Å². The van der Waals surface area contributed by atoms with Crippen LogP contribution in [0.2, 0.25) is 0 Å². The highest BCUT2D eigenvalue weighted by atomic mass is 32.1. The molecule has 132 valence electrons. The van der Waals surface area contributed by atoms with Crippen LogP contribution in [0.15, 0.2) is 36.4 Å². The van der Waals surface area contributed by atoms with Crippen molar-refractivity contribution >= 4 is 54.6 Å². The number of aromatic nitrogens is 1. The first kappa shape index (κ1) is 17.1. The standard InChI is InChI=1S/C19H15FN2O2S2/c1-10-21-14-7-6-11(8-16(14)25-10)22-19(23)18-12(9-24-2)17-13(20)4-3-5-15(17)26-18/h3-8H,9H2,1-2H3,(H,22,23). The molecule has 0 aliphatic heterocycles. The molecule has 0 radical (unpaired) electrons. The van der Waals surface area contributed by atoms with E-state index >= 15 is 0 Å². The van der Waals surface area contributed by atoms with E-state index in [9.17, 15) is 9.18 Å². The Morgan fingerprint density at radius 3 is 2.88 bits per heavy atom. The molecule has 4 aromatic rings. The summed E-state index contributed by atoms with van der Waals surface area (Å²) in [5, 5.41) is 4.35. The average Bonchev–Trinajstić information content (AvgIpc) is 3.15. The number of hydrogen-bond donors (Lipinski definition) is 1. The minimum Gasteiger partial charge on any atom is -0.380 e. The molecular weight excluding hydrogens is 371 g/mol. The normalized spacial score (nSPS) is 11.3. The lowest BCUT2D eigenvalue weighted by Gasteiger charge is -2.06. The first-order valence-corrected chi connectivity index (χ1v) is 9.57. The maximum absolute atomic E-state index is 14.3. The van der Waals surface area contributed by atoms with Crippen LogP contribution < -0.4 is 5.32 Å². The summed E-state index contributed by atoms with van der Waals surface area (Å²) in [4.78, 5) is 17.7. The number of aryl methyl sites for hydroxylation is 1. The summed E-state index contributed by atoms with van der Waals surface area (Å²) in [6, 6.07) is 10.5. The number of methoxy groups -OCH3 is 1. The van der Waals surface area contributed by atoms with Crippen LogP contribution in [0.3, 0.4) is 0 Å². The number of benzene rings is 2. The third-order valence-corrected chi connectivity index (χ3v) is 6.14. The number of nitrogens with one attached hydrogen (secondary N) is 1. The van der Waals surface area contributed by atoms with Gasteiger partial charge in [0.25, 0.3) is 5.91 Å². The smallest absolute Gasteiger partial charge is 0.266 e. The zero-order valence-electron chi connectivity index (χ0n) is 14.1. The molecule has 2 heterocycles. The van der Waals surface area contributed by atoms with Gasteiger partial charge in [0.2, 0.25) is 0 Å². The Hall–Kier alpha value is -2.35. The molecular formula is C19H15FN2O2S2. The van der Waals surface area contributed by atoms with Gasteiger partial charge in [0.15, 0.2) is 0 Å². The van der Waals surface area contributed by atoms with Gasteiger partial charge in [-0.05, 0) is 37.3 Å².